The SMILES string of the molecule is CC(C)(O)c1cccc(Cn2cc(-c3nc(N)nc4c(C(F)(F)F)csc34)nn2)n1. The molecule has 156 valence electrons. The fourth-order valence-electron chi connectivity index (χ4n) is 2.87. The summed E-state index contributed by atoms with van der Waals surface area (Å²) in [6.07, 6.45) is -3.00. The van der Waals surface area contributed by atoms with E-state index in [2.05, 4.69) is 25.3 Å². The van der Waals surface area contributed by atoms with Crippen LogP contribution in [-0.4, -0.2) is 35.1 Å². The van der Waals surface area contributed by atoms with Gasteiger partial charge in [-0.25, -0.2) is 14.6 Å². The number of nitrogen functional groups attached to an aromatic ring is 1. The smallest absolute Gasteiger partial charge is 0.384 e. The third-order valence-electron chi connectivity index (χ3n) is 4.28. The molecule has 4 rings (SSSR count). The number of alkyl halides is 3. The van der Waals surface area contributed by atoms with E-state index in [4.69, 9.17) is 5.73 Å². The molecule has 0 bridgehead atoms. The number of anilines is 1. The first-order valence-electron chi connectivity index (χ1n) is 8.73. The highest BCUT2D eigenvalue weighted by Gasteiger charge is 2.35. The Kier molecular flexibility index (Phi) is 4.70. The predicted octanol–water partition coefficient (Wildman–Crippen LogP) is 3.22. The number of hydrogen-bond donors (Lipinski definition) is 2. The first kappa shape index (κ1) is 20.2. The van der Waals surface area contributed by atoms with Crippen LogP contribution in [0.1, 0.15) is 30.8 Å². The van der Waals surface area contributed by atoms with Crippen LogP contribution in [0.2, 0.25) is 0 Å². The molecule has 4 aromatic heterocycles. The van der Waals surface area contributed by atoms with E-state index in [1.165, 1.54) is 4.68 Å². The molecule has 0 saturated heterocycles. The first-order valence-corrected chi connectivity index (χ1v) is 9.61. The van der Waals surface area contributed by atoms with E-state index in [1.807, 2.05) is 0 Å². The second-order valence-corrected chi connectivity index (χ2v) is 8.01. The highest BCUT2D eigenvalue weighted by Crippen LogP contribution is 2.40. The van der Waals surface area contributed by atoms with Crippen molar-refractivity contribution in [3.05, 3.63) is 46.7 Å². The van der Waals surface area contributed by atoms with E-state index in [0.717, 1.165) is 16.7 Å². The van der Waals surface area contributed by atoms with Gasteiger partial charge in [0.25, 0.3) is 0 Å². The highest BCUT2D eigenvalue weighted by molar-refractivity contribution is 7.17. The maximum absolute atomic E-state index is 13.2. The van der Waals surface area contributed by atoms with Gasteiger partial charge < -0.3 is 10.8 Å². The minimum absolute atomic E-state index is 0.183. The van der Waals surface area contributed by atoms with E-state index in [1.54, 1.807) is 38.2 Å². The Labute approximate surface area is 172 Å². The number of nitrogens with zero attached hydrogens (tertiary/aromatic N) is 6. The zero-order valence-electron chi connectivity index (χ0n) is 15.8. The standard InChI is InChI=1S/C18H16F3N7OS/c1-17(2,29)12-5-3-4-9(23-12)6-28-7-11(26-27-28)14-15-13(24-16(22)25-14)10(8-30-15)18(19,20)21/h3-5,7-8,29H,6H2,1-2H3,(H2,22,24,25). The van der Waals surface area contributed by atoms with Crippen molar-refractivity contribution >= 4 is 27.5 Å². The molecule has 0 radical (unpaired) electrons. The molecule has 4 aromatic rings. The highest BCUT2D eigenvalue weighted by atomic mass is 32.1. The number of thiophene rings is 1. The topological polar surface area (TPSA) is 116 Å². The monoisotopic (exact) mass is 435 g/mol. The van der Waals surface area contributed by atoms with E-state index in [-0.39, 0.29) is 34.1 Å². The molecule has 0 unspecified atom stereocenters. The van der Waals surface area contributed by atoms with Crippen molar-refractivity contribution < 1.29 is 18.3 Å². The first-order chi connectivity index (χ1) is 14.0. The van der Waals surface area contributed by atoms with Crippen LogP contribution in [0.3, 0.4) is 0 Å². The van der Waals surface area contributed by atoms with Crippen molar-refractivity contribution in [1.29, 1.82) is 0 Å². The summed E-state index contributed by atoms with van der Waals surface area (Å²) < 4.78 is 41.4. The maximum atomic E-state index is 13.2. The third kappa shape index (κ3) is 3.83. The van der Waals surface area contributed by atoms with Gasteiger partial charge in [-0.15, -0.1) is 16.4 Å². The normalized spacial score (nSPS) is 12.6. The Hall–Kier alpha value is -3.12. The van der Waals surface area contributed by atoms with Gasteiger partial charge in [-0.3, -0.25) is 4.98 Å². The molecule has 8 nitrogen and oxygen atoms in total. The molecule has 30 heavy (non-hydrogen) atoms. The quantitative estimate of drug-likeness (QED) is 0.506. The number of nitrogens with two attached hydrogens (primary N) is 1. The molecule has 0 aliphatic heterocycles. The van der Waals surface area contributed by atoms with Crippen LogP contribution in [0.5, 0.6) is 0 Å². The van der Waals surface area contributed by atoms with Crippen LogP contribution in [0.15, 0.2) is 29.8 Å². The number of aliphatic hydroxyl groups is 1. The van der Waals surface area contributed by atoms with Crippen LogP contribution in [0.4, 0.5) is 19.1 Å². The van der Waals surface area contributed by atoms with Gasteiger partial charge in [0, 0.05) is 5.38 Å². The van der Waals surface area contributed by atoms with Crippen molar-refractivity contribution in [2.75, 3.05) is 5.73 Å². The number of halogens is 3. The fraction of sp³-hybridized carbons (Fsp3) is 0.278. The molecule has 0 aliphatic rings. The summed E-state index contributed by atoms with van der Waals surface area (Å²) in [6.45, 7) is 3.51. The molecule has 0 amide bonds. The lowest BCUT2D eigenvalue weighted by Crippen LogP contribution is -2.18. The summed E-state index contributed by atoms with van der Waals surface area (Å²) >= 11 is 0.871. The van der Waals surface area contributed by atoms with Crippen molar-refractivity contribution in [3.8, 4) is 11.4 Å². The molecule has 0 atom stereocenters. The summed E-state index contributed by atoms with van der Waals surface area (Å²) in [6, 6.07) is 5.25. The molecule has 12 heteroatoms. The van der Waals surface area contributed by atoms with E-state index >= 15 is 0 Å². The summed E-state index contributed by atoms with van der Waals surface area (Å²) in [5.41, 5.74) is 5.02. The molecule has 3 N–H and O–H groups in total. The van der Waals surface area contributed by atoms with Gasteiger partial charge in [0.1, 0.15) is 17.0 Å². The largest absolute Gasteiger partial charge is 0.419 e. The molecule has 0 saturated carbocycles. The minimum Gasteiger partial charge on any atom is -0.384 e. The summed E-state index contributed by atoms with van der Waals surface area (Å²) in [4.78, 5) is 12.3. The number of pyridine rings is 1. The van der Waals surface area contributed by atoms with Crippen LogP contribution in [0, 0.1) is 0 Å². The molecule has 0 aromatic carbocycles. The van der Waals surface area contributed by atoms with Gasteiger partial charge in [-0.05, 0) is 26.0 Å². The molecular formula is C18H16F3N7OS. The maximum Gasteiger partial charge on any atom is 0.419 e. The van der Waals surface area contributed by atoms with Gasteiger partial charge in [-0.2, -0.15) is 13.2 Å². The Morgan fingerprint density at radius 3 is 2.63 bits per heavy atom. The average molecular weight is 435 g/mol. The van der Waals surface area contributed by atoms with Crippen molar-refractivity contribution in [2.24, 2.45) is 0 Å². The lowest BCUT2D eigenvalue weighted by atomic mass is 10.0. The number of hydrogen-bond acceptors (Lipinski definition) is 8. The zero-order chi connectivity index (χ0) is 21.7. The van der Waals surface area contributed by atoms with Gasteiger partial charge in [0.15, 0.2) is 0 Å². The zero-order valence-corrected chi connectivity index (χ0v) is 16.7. The summed E-state index contributed by atoms with van der Waals surface area (Å²) in [7, 11) is 0. The number of fused-ring (bicyclic) bond motifs is 1. The second-order valence-electron chi connectivity index (χ2n) is 7.13. The molecule has 4 heterocycles. The summed E-state index contributed by atoms with van der Waals surface area (Å²) in [5.74, 6) is -0.282. The fourth-order valence-corrected chi connectivity index (χ4v) is 3.88. The summed E-state index contributed by atoms with van der Waals surface area (Å²) in [5, 5.41) is 19.1. The van der Waals surface area contributed by atoms with Gasteiger partial charge in [0.05, 0.1) is 39.9 Å². The Morgan fingerprint density at radius 1 is 1.17 bits per heavy atom. The lowest BCUT2D eigenvalue weighted by molar-refractivity contribution is -0.136. The number of aromatic nitrogens is 6. The minimum atomic E-state index is -4.55. The Bertz CT molecular complexity index is 1230. The van der Waals surface area contributed by atoms with Gasteiger partial charge in [-0.1, -0.05) is 11.3 Å². The molecule has 0 spiro atoms. The van der Waals surface area contributed by atoms with Crippen molar-refractivity contribution in [3.63, 3.8) is 0 Å². The van der Waals surface area contributed by atoms with E-state index < -0.39 is 17.3 Å². The van der Waals surface area contributed by atoms with Crippen LogP contribution < -0.4 is 5.73 Å². The van der Waals surface area contributed by atoms with Gasteiger partial charge in [0.2, 0.25) is 5.95 Å². The van der Waals surface area contributed by atoms with Crippen molar-refractivity contribution in [2.45, 2.75) is 32.2 Å². The van der Waals surface area contributed by atoms with Gasteiger partial charge >= 0.3 is 6.18 Å². The predicted molar refractivity (Wildman–Crippen MR) is 104 cm³/mol. The molecule has 0 aliphatic carbocycles. The molecular weight excluding hydrogens is 419 g/mol. The number of rotatable bonds is 4. The average Bonchev–Trinajstić information content (AvgIpc) is 3.27. The van der Waals surface area contributed by atoms with Crippen LogP contribution in [0.25, 0.3) is 21.6 Å². The molecule has 0 fully saturated rings. The van der Waals surface area contributed by atoms with Crippen LogP contribution >= 0.6 is 11.3 Å². The van der Waals surface area contributed by atoms with E-state index in [9.17, 15) is 18.3 Å². The van der Waals surface area contributed by atoms with Crippen molar-refractivity contribution in [1.82, 2.24) is 29.9 Å². The van der Waals surface area contributed by atoms with Crippen LogP contribution in [-0.2, 0) is 18.3 Å². The second kappa shape index (κ2) is 6.99. The van der Waals surface area contributed by atoms with E-state index in [0.29, 0.717) is 11.4 Å². The third-order valence-corrected chi connectivity index (χ3v) is 5.25. The Balaban J connectivity index is 1.70. The lowest BCUT2D eigenvalue weighted by Gasteiger charge is -2.17. The Morgan fingerprint density at radius 2 is 1.93 bits per heavy atom.